The van der Waals surface area contributed by atoms with Crippen molar-refractivity contribution in [3.05, 3.63) is 64.8 Å². The molecule has 0 radical (unpaired) electrons. The highest BCUT2D eigenvalue weighted by Gasteiger charge is 2.31. The Bertz CT molecular complexity index is 1110. The smallest absolute Gasteiger partial charge is 0.264 e. The molecule has 0 aliphatic carbocycles. The van der Waals surface area contributed by atoms with Crippen LogP contribution >= 0.6 is 11.3 Å². The number of piperidine rings is 1. The Morgan fingerprint density at radius 1 is 1.03 bits per heavy atom. The Labute approximate surface area is 191 Å². The summed E-state index contributed by atoms with van der Waals surface area (Å²) in [5.74, 6) is 0.119. The second-order valence-corrected chi connectivity index (χ2v) is 9.46. The van der Waals surface area contributed by atoms with Crippen LogP contribution in [0.25, 0.3) is 10.1 Å². The van der Waals surface area contributed by atoms with Crippen LogP contribution in [-0.4, -0.2) is 65.5 Å². The number of carbonyl (C=O) groups excluding carboxylic acids is 2. The van der Waals surface area contributed by atoms with Crippen LogP contribution in [0.2, 0.25) is 0 Å². The van der Waals surface area contributed by atoms with Gasteiger partial charge in [-0.25, -0.2) is 0 Å². The van der Waals surface area contributed by atoms with E-state index in [1.807, 2.05) is 28.0 Å². The number of rotatable bonds is 4. The Morgan fingerprint density at radius 2 is 1.88 bits per heavy atom. The standard InChI is InChI=1S/C25H27N3O3S/c29-24(18-6-5-10-26-17-18)28-11-4-3-7-19(28)16-21-20-8-1-2-9-22(20)32-23(21)25(30)27-12-14-31-15-13-27/h1-2,5-6,8-10,17,19H,3-4,7,11-16H2/t19-/m0/s1. The fourth-order valence-corrected chi connectivity index (χ4v) is 5.96. The van der Waals surface area contributed by atoms with E-state index in [4.69, 9.17) is 4.74 Å². The molecule has 3 aromatic rings. The first-order valence-electron chi connectivity index (χ1n) is 11.3. The first-order chi connectivity index (χ1) is 15.7. The van der Waals surface area contributed by atoms with E-state index >= 15 is 0 Å². The van der Waals surface area contributed by atoms with E-state index in [1.165, 1.54) is 0 Å². The summed E-state index contributed by atoms with van der Waals surface area (Å²) in [7, 11) is 0. The van der Waals surface area contributed by atoms with Crippen LogP contribution in [0.15, 0.2) is 48.8 Å². The van der Waals surface area contributed by atoms with Gasteiger partial charge in [0.1, 0.15) is 0 Å². The molecular weight excluding hydrogens is 422 g/mol. The molecule has 0 saturated carbocycles. The summed E-state index contributed by atoms with van der Waals surface area (Å²) in [6.45, 7) is 3.17. The molecule has 2 saturated heterocycles. The summed E-state index contributed by atoms with van der Waals surface area (Å²) in [6.07, 6.45) is 7.07. The fraction of sp³-hybridized carbons (Fsp3) is 0.400. The van der Waals surface area contributed by atoms with Crippen molar-refractivity contribution in [3.8, 4) is 0 Å². The van der Waals surface area contributed by atoms with Gasteiger partial charge in [-0.1, -0.05) is 18.2 Å². The first kappa shape index (κ1) is 21.1. The van der Waals surface area contributed by atoms with Crippen LogP contribution in [0, 0.1) is 0 Å². The first-order valence-corrected chi connectivity index (χ1v) is 12.1. The number of hydrogen-bond donors (Lipinski definition) is 0. The van der Waals surface area contributed by atoms with Crippen molar-refractivity contribution in [1.29, 1.82) is 0 Å². The van der Waals surface area contributed by atoms with Gasteiger partial charge < -0.3 is 14.5 Å². The van der Waals surface area contributed by atoms with Crippen molar-refractivity contribution in [1.82, 2.24) is 14.8 Å². The number of pyridine rings is 1. The van der Waals surface area contributed by atoms with E-state index < -0.39 is 0 Å². The van der Waals surface area contributed by atoms with Gasteiger partial charge in [-0.2, -0.15) is 0 Å². The van der Waals surface area contributed by atoms with Crippen molar-refractivity contribution < 1.29 is 14.3 Å². The monoisotopic (exact) mass is 449 g/mol. The van der Waals surface area contributed by atoms with Gasteiger partial charge in [0.25, 0.3) is 11.8 Å². The van der Waals surface area contributed by atoms with E-state index in [0.29, 0.717) is 38.3 Å². The number of ether oxygens (including phenoxy) is 1. The number of likely N-dealkylation sites (tertiary alicyclic amines) is 1. The lowest BCUT2D eigenvalue weighted by molar-refractivity contribution is 0.0305. The van der Waals surface area contributed by atoms with Crippen LogP contribution in [0.3, 0.4) is 0 Å². The minimum Gasteiger partial charge on any atom is -0.378 e. The number of benzene rings is 1. The summed E-state index contributed by atoms with van der Waals surface area (Å²) in [5.41, 5.74) is 1.71. The number of hydrogen-bond acceptors (Lipinski definition) is 5. The predicted octanol–water partition coefficient (Wildman–Crippen LogP) is 4.01. The minimum absolute atomic E-state index is 0.0309. The molecule has 7 heteroatoms. The largest absolute Gasteiger partial charge is 0.378 e. The predicted molar refractivity (Wildman–Crippen MR) is 125 cm³/mol. The summed E-state index contributed by atoms with van der Waals surface area (Å²) in [6, 6.07) is 11.9. The number of thiophene rings is 1. The zero-order chi connectivity index (χ0) is 21.9. The lowest BCUT2D eigenvalue weighted by Crippen LogP contribution is -2.45. The lowest BCUT2D eigenvalue weighted by atomic mass is 9.93. The molecule has 2 fully saturated rings. The Morgan fingerprint density at radius 3 is 2.69 bits per heavy atom. The van der Waals surface area contributed by atoms with Crippen molar-refractivity contribution in [2.75, 3.05) is 32.8 Å². The molecule has 2 aliphatic rings. The lowest BCUT2D eigenvalue weighted by Gasteiger charge is -2.36. The molecule has 0 spiro atoms. The molecule has 6 nitrogen and oxygen atoms in total. The van der Waals surface area contributed by atoms with Gasteiger partial charge in [0, 0.05) is 42.8 Å². The molecule has 0 unspecified atom stereocenters. The van der Waals surface area contributed by atoms with Gasteiger partial charge >= 0.3 is 0 Å². The Hall–Kier alpha value is -2.77. The third-order valence-corrected chi connectivity index (χ3v) is 7.63. The van der Waals surface area contributed by atoms with Crippen LogP contribution in [0.4, 0.5) is 0 Å². The maximum atomic E-state index is 13.5. The van der Waals surface area contributed by atoms with Crippen molar-refractivity contribution in [2.45, 2.75) is 31.7 Å². The molecule has 32 heavy (non-hydrogen) atoms. The van der Waals surface area contributed by atoms with E-state index in [9.17, 15) is 9.59 Å². The number of morpholine rings is 1. The summed E-state index contributed by atoms with van der Waals surface area (Å²) < 4.78 is 6.56. The highest BCUT2D eigenvalue weighted by molar-refractivity contribution is 7.21. The molecule has 5 rings (SSSR count). The third kappa shape index (κ3) is 4.14. The fourth-order valence-electron chi connectivity index (χ4n) is 4.76. The van der Waals surface area contributed by atoms with E-state index in [1.54, 1.807) is 29.8 Å². The quantitative estimate of drug-likeness (QED) is 0.604. The highest BCUT2D eigenvalue weighted by Crippen LogP contribution is 2.35. The van der Waals surface area contributed by atoms with Crippen LogP contribution < -0.4 is 0 Å². The molecule has 4 heterocycles. The van der Waals surface area contributed by atoms with E-state index in [0.717, 1.165) is 46.3 Å². The molecule has 0 bridgehead atoms. The molecular formula is C25H27N3O3S. The molecule has 1 atom stereocenters. The SMILES string of the molecule is O=C(c1sc2ccccc2c1C[C@@H]1CCCCN1C(=O)c1cccnc1)N1CCOCC1. The summed E-state index contributed by atoms with van der Waals surface area (Å²) >= 11 is 1.57. The Kier molecular flexibility index (Phi) is 6.19. The van der Waals surface area contributed by atoms with Crippen LogP contribution in [0.5, 0.6) is 0 Å². The number of fused-ring (bicyclic) bond motifs is 1. The number of carbonyl (C=O) groups is 2. The topological polar surface area (TPSA) is 62.7 Å². The third-order valence-electron chi connectivity index (χ3n) is 6.43. The summed E-state index contributed by atoms with van der Waals surface area (Å²) in [5, 5.41) is 1.13. The molecule has 2 aliphatic heterocycles. The van der Waals surface area contributed by atoms with Crippen LogP contribution in [0.1, 0.15) is 44.9 Å². The van der Waals surface area contributed by atoms with E-state index in [-0.39, 0.29) is 17.9 Å². The van der Waals surface area contributed by atoms with E-state index in [2.05, 4.69) is 17.1 Å². The Balaban J connectivity index is 1.48. The molecule has 166 valence electrons. The average molecular weight is 450 g/mol. The van der Waals surface area contributed by atoms with Gasteiger partial charge in [-0.15, -0.1) is 11.3 Å². The zero-order valence-corrected chi connectivity index (χ0v) is 18.9. The number of nitrogens with zero attached hydrogens (tertiary/aromatic N) is 3. The average Bonchev–Trinajstić information content (AvgIpc) is 3.23. The normalized spacial score (nSPS) is 19.3. The highest BCUT2D eigenvalue weighted by atomic mass is 32.1. The number of amides is 2. The van der Waals surface area contributed by atoms with Crippen molar-refractivity contribution >= 4 is 33.2 Å². The van der Waals surface area contributed by atoms with Gasteiger partial charge in [0.15, 0.2) is 0 Å². The zero-order valence-electron chi connectivity index (χ0n) is 18.0. The number of aromatic nitrogens is 1. The maximum Gasteiger partial charge on any atom is 0.264 e. The minimum atomic E-state index is 0.0309. The molecule has 2 amide bonds. The second kappa shape index (κ2) is 9.38. The van der Waals surface area contributed by atoms with Gasteiger partial charge in [0.05, 0.1) is 23.7 Å². The van der Waals surface area contributed by atoms with Gasteiger partial charge in [-0.3, -0.25) is 14.6 Å². The maximum absolute atomic E-state index is 13.5. The second-order valence-electron chi connectivity index (χ2n) is 8.40. The van der Waals surface area contributed by atoms with Crippen molar-refractivity contribution in [3.63, 3.8) is 0 Å². The molecule has 0 N–H and O–H groups in total. The summed E-state index contributed by atoms with van der Waals surface area (Å²) in [4.78, 5) is 35.6. The molecule has 1 aromatic carbocycles. The van der Waals surface area contributed by atoms with Crippen molar-refractivity contribution in [2.24, 2.45) is 0 Å². The van der Waals surface area contributed by atoms with Gasteiger partial charge in [0.2, 0.25) is 0 Å². The molecule has 2 aromatic heterocycles. The van der Waals surface area contributed by atoms with Gasteiger partial charge in [-0.05, 0) is 54.8 Å². The van der Waals surface area contributed by atoms with Crippen LogP contribution in [-0.2, 0) is 11.2 Å².